The predicted molar refractivity (Wildman–Crippen MR) is 111 cm³/mol. The number of fused-ring (bicyclic) bond motifs is 2. The average molecular weight is 390 g/mol. The Morgan fingerprint density at radius 1 is 1.14 bits per heavy atom. The number of carbonyl (C=O) groups excluding carboxylic acids is 3. The number of Topliss-reactive ketones (excluding diaryl/α,β-unsaturated/α-hetero) is 1. The van der Waals surface area contributed by atoms with Crippen molar-refractivity contribution in [1.82, 2.24) is 10.2 Å². The first-order valence-corrected chi connectivity index (χ1v) is 10.3. The zero-order valence-electron chi connectivity index (χ0n) is 16.9. The van der Waals surface area contributed by atoms with Crippen LogP contribution in [0.3, 0.4) is 0 Å². The second-order valence-corrected chi connectivity index (χ2v) is 8.09. The highest BCUT2D eigenvalue weighted by Crippen LogP contribution is 2.39. The van der Waals surface area contributed by atoms with E-state index in [9.17, 15) is 14.4 Å². The molecule has 1 saturated heterocycles. The minimum atomic E-state index is -1.04. The van der Waals surface area contributed by atoms with E-state index in [-0.39, 0.29) is 18.2 Å². The molecule has 0 unspecified atom stereocenters. The lowest BCUT2D eigenvalue weighted by Gasteiger charge is -2.33. The Bertz CT molecular complexity index is 966. The van der Waals surface area contributed by atoms with E-state index in [0.717, 1.165) is 35.3 Å². The molecule has 0 aromatic heterocycles. The molecule has 0 bridgehead atoms. The van der Waals surface area contributed by atoms with E-state index < -0.39 is 11.6 Å². The van der Waals surface area contributed by atoms with Gasteiger partial charge in [0.05, 0.1) is 6.54 Å². The van der Waals surface area contributed by atoms with E-state index in [0.29, 0.717) is 17.9 Å². The van der Waals surface area contributed by atoms with Gasteiger partial charge in [-0.3, -0.25) is 14.5 Å². The molecule has 5 heteroatoms. The van der Waals surface area contributed by atoms with Gasteiger partial charge >= 0.3 is 6.03 Å². The summed E-state index contributed by atoms with van der Waals surface area (Å²) in [5.41, 5.74) is 2.60. The minimum absolute atomic E-state index is 0.231. The van der Waals surface area contributed by atoms with Crippen molar-refractivity contribution < 1.29 is 14.4 Å². The van der Waals surface area contributed by atoms with Crippen LogP contribution in [0.15, 0.2) is 48.5 Å². The van der Waals surface area contributed by atoms with Crippen molar-refractivity contribution in [2.45, 2.75) is 51.0 Å². The third kappa shape index (κ3) is 3.24. The molecule has 2 aromatic rings. The van der Waals surface area contributed by atoms with E-state index in [1.807, 2.05) is 36.4 Å². The van der Waals surface area contributed by atoms with Gasteiger partial charge < -0.3 is 5.32 Å². The molecule has 2 atom stereocenters. The van der Waals surface area contributed by atoms with Crippen molar-refractivity contribution in [3.05, 3.63) is 70.8 Å². The Morgan fingerprint density at radius 3 is 2.59 bits per heavy atom. The lowest BCUT2D eigenvalue weighted by Crippen LogP contribution is -2.46. The number of ketones is 1. The summed E-state index contributed by atoms with van der Waals surface area (Å²) in [7, 11) is 0. The van der Waals surface area contributed by atoms with E-state index in [1.165, 1.54) is 5.56 Å². The Labute approximate surface area is 171 Å². The van der Waals surface area contributed by atoms with Gasteiger partial charge in [-0.2, -0.15) is 0 Å². The van der Waals surface area contributed by atoms with Gasteiger partial charge in [0.1, 0.15) is 5.54 Å². The average Bonchev–Trinajstić information content (AvgIpc) is 2.98. The van der Waals surface area contributed by atoms with Crippen molar-refractivity contribution in [2.75, 3.05) is 6.54 Å². The topological polar surface area (TPSA) is 66.5 Å². The fourth-order valence-electron chi connectivity index (χ4n) is 4.42. The molecule has 4 rings (SSSR count). The molecule has 150 valence electrons. The maximum absolute atomic E-state index is 13.3. The third-order valence-electron chi connectivity index (χ3n) is 6.37. The highest BCUT2D eigenvalue weighted by molar-refractivity contribution is 6.11. The van der Waals surface area contributed by atoms with Crippen LogP contribution >= 0.6 is 0 Å². The highest BCUT2D eigenvalue weighted by Gasteiger charge is 2.54. The lowest BCUT2D eigenvalue weighted by molar-refractivity contribution is -0.131. The number of rotatable bonds is 5. The van der Waals surface area contributed by atoms with Crippen molar-refractivity contribution in [3.8, 4) is 0 Å². The Morgan fingerprint density at radius 2 is 1.86 bits per heavy atom. The molecule has 1 spiro atoms. The number of hydrogen-bond acceptors (Lipinski definition) is 3. The predicted octanol–water partition coefficient (Wildman–Crippen LogP) is 4.17. The first-order valence-electron chi connectivity index (χ1n) is 10.3. The molecule has 1 aliphatic carbocycles. The van der Waals surface area contributed by atoms with Crippen LogP contribution in [0.2, 0.25) is 0 Å². The number of urea groups is 1. The molecular formula is C24H26N2O3. The van der Waals surface area contributed by atoms with Gasteiger partial charge in [-0.25, -0.2) is 4.79 Å². The van der Waals surface area contributed by atoms with Crippen LogP contribution in [0.5, 0.6) is 0 Å². The summed E-state index contributed by atoms with van der Waals surface area (Å²) in [6.07, 6.45) is 3.30. The number of amides is 3. The summed E-state index contributed by atoms with van der Waals surface area (Å²) in [6.45, 7) is 4.03. The van der Waals surface area contributed by atoms with Gasteiger partial charge in [0.2, 0.25) is 0 Å². The normalized spacial score (nSPS) is 21.8. The number of nitrogens with zero attached hydrogens (tertiary/aromatic N) is 1. The number of hydrogen-bond donors (Lipinski definition) is 1. The lowest BCUT2D eigenvalue weighted by atomic mass is 9.76. The van der Waals surface area contributed by atoms with E-state index in [1.54, 1.807) is 12.1 Å². The van der Waals surface area contributed by atoms with Gasteiger partial charge in [-0.05, 0) is 48.3 Å². The Kier molecular flexibility index (Phi) is 4.99. The van der Waals surface area contributed by atoms with E-state index >= 15 is 0 Å². The summed E-state index contributed by atoms with van der Waals surface area (Å²) >= 11 is 0. The van der Waals surface area contributed by atoms with Crippen LogP contribution in [0.25, 0.3) is 0 Å². The minimum Gasteiger partial charge on any atom is -0.319 e. The molecule has 2 aromatic carbocycles. The van der Waals surface area contributed by atoms with Gasteiger partial charge in [-0.15, -0.1) is 0 Å². The third-order valence-corrected chi connectivity index (χ3v) is 6.37. The number of benzene rings is 2. The monoisotopic (exact) mass is 390 g/mol. The van der Waals surface area contributed by atoms with Crippen LogP contribution in [0.1, 0.15) is 66.1 Å². The summed E-state index contributed by atoms with van der Waals surface area (Å²) in [5.74, 6) is -0.124. The van der Waals surface area contributed by atoms with E-state index in [2.05, 4.69) is 19.2 Å². The van der Waals surface area contributed by atoms with Crippen molar-refractivity contribution in [2.24, 2.45) is 0 Å². The van der Waals surface area contributed by atoms with Gasteiger partial charge in [0.15, 0.2) is 5.78 Å². The van der Waals surface area contributed by atoms with Crippen LogP contribution in [0, 0.1) is 0 Å². The molecule has 2 aliphatic rings. The second kappa shape index (κ2) is 7.47. The zero-order valence-corrected chi connectivity index (χ0v) is 16.9. The molecule has 5 nitrogen and oxygen atoms in total. The highest BCUT2D eigenvalue weighted by atomic mass is 16.2. The van der Waals surface area contributed by atoms with Gasteiger partial charge in [0, 0.05) is 5.56 Å². The fraction of sp³-hybridized carbons (Fsp3) is 0.375. The molecule has 1 heterocycles. The fourth-order valence-corrected chi connectivity index (χ4v) is 4.42. The molecule has 1 fully saturated rings. The van der Waals surface area contributed by atoms with Gasteiger partial charge in [0.25, 0.3) is 5.91 Å². The molecule has 0 saturated carbocycles. The van der Waals surface area contributed by atoms with Crippen molar-refractivity contribution in [1.29, 1.82) is 0 Å². The number of carbonyl (C=O) groups is 3. The molecule has 29 heavy (non-hydrogen) atoms. The maximum Gasteiger partial charge on any atom is 0.325 e. The number of aryl methyl sites for hydroxylation is 1. The van der Waals surface area contributed by atoms with Crippen LogP contribution in [0.4, 0.5) is 4.79 Å². The van der Waals surface area contributed by atoms with E-state index in [4.69, 9.17) is 0 Å². The van der Waals surface area contributed by atoms with Crippen molar-refractivity contribution in [3.63, 3.8) is 0 Å². The first kappa shape index (κ1) is 19.4. The largest absolute Gasteiger partial charge is 0.325 e. The Balaban J connectivity index is 1.56. The SMILES string of the molecule is CC[C@H](C)c1ccc(C(=O)CN2C(=O)N[C@]3(CCCc4ccccc43)C2=O)cc1. The Hall–Kier alpha value is -2.95. The summed E-state index contributed by atoms with van der Waals surface area (Å²) in [4.78, 5) is 39.8. The summed E-state index contributed by atoms with van der Waals surface area (Å²) in [5, 5.41) is 2.90. The maximum atomic E-state index is 13.3. The van der Waals surface area contributed by atoms with Gasteiger partial charge in [-0.1, -0.05) is 62.4 Å². The summed E-state index contributed by atoms with van der Waals surface area (Å²) in [6, 6.07) is 14.7. The molecule has 3 amide bonds. The molecule has 1 aliphatic heterocycles. The number of imide groups is 1. The zero-order chi connectivity index (χ0) is 20.6. The first-order chi connectivity index (χ1) is 14.0. The quantitative estimate of drug-likeness (QED) is 0.616. The van der Waals surface area contributed by atoms with Crippen molar-refractivity contribution >= 4 is 17.7 Å². The molecule has 1 N–H and O–H groups in total. The van der Waals surface area contributed by atoms with Crippen LogP contribution in [-0.4, -0.2) is 29.2 Å². The molecule has 0 radical (unpaired) electrons. The smallest absolute Gasteiger partial charge is 0.319 e. The molecular weight excluding hydrogens is 364 g/mol. The number of nitrogens with one attached hydrogen (secondary N) is 1. The van der Waals surface area contributed by atoms with Crippen LogP contribution in [-0.2, 0) is 16.8 Å². The van der Waals surface area contributed by atoms with Crippen LogP contribution < -0.4 is 5.32 Å². The summed E-state index contributed by atoms with van der Waals surface area (Å²) < 4.78 is 0. The standard InChI is InChI=1S/C24H26N2O3/c1-3-16(2)17-10-12-19(13-11-17)21(27)15-26-22(28)24(25-23(26)29)14-6-8-18-7-4-5-9-20(18)24/h4-5,7,9-13,16H,3,6,8,14-15H2,1-2H3,(H,25,29)/t16-,24-/m0/s1. The second-order valence-electron chi connectivity index (χ2n) is 8.09.